The van der Waals surface area contributed by atoms with E-state index >= 15 is 0 Å². The largest absolute Gasteiger partial charge is 0.365 e. The monoisotopic (exact) mass is 332 g/mol. The van der Waals surface area contributed by atoms with Crippen molar-refractivity contribution in [3.05, 3.63) is 70.5 Å². The number of carbonyl (C=O) groups is 1. The van der Waals surface area contributed by atoms with Crippen LogP contribution in [0.2, 0.25) is 5.02 Å². The normalized spacial score (nSPS) is 20.5. The molecular weight excluding hydrogens is 319 g/mol. The first-order valence-electron chi connectivity index (χ1n) is 7.03. The van der Waals surface area contributed by atoms with Crippen LogP contribution in [0.1, 0.15) is 29.3 Å². The van der Waals surface area contributed by atoms with Gasteiger partial charge in [0.2, 0.25) is 0 Å². The molecule has 0 saturated carbocycles. The number of halogens is 2. The topological polar surface area (TPSA) is 52.9 Å². The van der Waals surface area contributed by atoms with Gasteiger partial charge in [-0.2, -0.15) is 10.1 Å². The zero-order valence-corrected chi connectivity index (χ0v) is 13.1. The second kappa shape index (κ2) is 5.76. The van der Waals surface area contributed by atoms with E-state index < -0.39 is 17.4 Å². The summed E-state index contributed by atoms with van der Waals surface area (Å²) in [6.07, 6.45) is 0.148. The van der Waals surface area contributed by atoms with Gasteiger partial charge in [0.25, 0.3) is 5.91 Å². The van der Waals surface area contributed by atoms with Crippen molar-refractivity contribution in [2.75, 3.05) is 0 Å². The van der Waals surface area contributed by atoms with E-state index in [1.54, 1.807) is 37.3 Å². The van der Waals surface area contributed by atoms with Crippen LogP contribution in [0, 0.1) is 5.82 Å². The molecule has 23 heavy (non-hydrogen) atoms. The highest BCUT2D eigenvalue weighted by Gasteiger charge is 2.45. The minimum absolute atomic E-state index is 0.140. The van der Waals surface area contributed by atoms with Crippen molar-refractivity contribution in [3.8, 4) is 0 Å². The third-order valence-corrected chi connectivity index (χ3v) is 3.98. The summed E-state index contributed by atoms with van der Waals surface area (Å²) in [6.45, 7) is 1.70. The molecule has 1 heterocycles. The van der Waals surface area contributed by atoms with Crippen LogP contribution >= 0.6 is 11.6 Å². The molecule has 1 amide bonds. The van der Waals surface area contributed by atoms with Crippen molar-refractivity contribution in [2.45, 2.75) is 19.1 Å². The second-order valence-electron chi connectivity index (χ2n) is 5.43. The van der Waals surface area contributed by atoms with Gasteiger partial charge in [-0.05, 0) is 31.2 Å². The Morgan fingerprint density at radius 2 is 1.91 bits per heavy atom. The highest BCUT2D eigenvalue weighted by molar-refractivity contribution is 6.30. The van der Waals surface area contributed by atoms with Crippen LogP contribution in [0.25, 0.3) is 0 Å². The first kappa shape index (κ1) is 15.6. The molecule has 118 valence electrons. The second-order valence-corrected chi connectivity index (χ2v) is 5.87. The molecule has 0 fully saturated rings. The summed E-state index contributed by atoms with van der Waals surface area (Å²) in [5.74, 6) is -1.35. The van der Waals surface area contributed by atoms with E-state index in [4.69, 9.17) is 11.6 Å². The summed E-state index contributed by atoms with van der Waals surface area (Å²) in [4.78, 5) is 12.7. The Balaban J connectivity index is 2.03. The molecule has 1 N–H and O–H groups in total. The first-order valence-corrected chi connectivity index (χ1v) is 7.41. The lowest BCUT2D eigenvalue weighted by Crippen LogP contribution is -2.43. The van der Waals surface area contributed by atoms with Gasteiger partial charge in [-0.15, -0.1) is 0 Å². The average Bonchev–Trinajstić information content (AvgIpc) is 2.83. The number of amides is 1. The molecule has 0 saturated heterocycles. The first-order chi connectivity index (χ1) is 10.9. The molecule has 1 aliphatic rings. The van der Waals surface area contributed by atoms with Crippen molar-refractivity contribution < 1.29 is 14.3 Å². The third kappa shape index (κ3) is 2.73. The fourth-order valence-electron chi connectivity index (χ4n) is 2.62. The molecule has 6 heteroatoms. The molecule has 0 radical (unpaired) electrons. The van der Waals surface area contributed by atoms with Gasteiger partial charge in [0, 0.05) is 22.7 Å². The number of carbonyl (C=O) groups excluding carboxylic acids is 1. The van der Waals surface area contributed by atoms with E-state index in [1.807, 2.05) is 0 Å². The molecule has 3 rings (SSSR count). The van der Waals surface area contributed by atoms with Crippen molar-refractivity contribution in [3.63, 3.8) is 0 Å². The van der Waals surface area contributed by atoms with Crippen LogP contribution < -0.4 is 0 Å². The molecule has 0 aromatic heterocycles. The zero-order chi connectivity index (χ0) is 16.6. The Hall–Kier alpha value is -2.24. The van der Waals surface area contributed by atoms with Gasteiger partial charge in [0.15, 0.2) is 5.72 Å². The predicted octanol–water partition coefficient (Wildman–Crippen LogP) is 3.55. The quantitative estimate of drug-likeness (QED) is 0.914. The molecule has 1 aliphatic heterocycles. The van der Waals surface area contributed by atoms with Crippen molar-refractivity contribution in [1.82, 2.24) is 5.01 Å². The highest BCUT2D eigenvalue weighted by Crippen LogP contribution is 2.37. The molecule has 0 bridgehead atoms. The molecule has 1 atom stereocenters. The minimum atomic E-state index is -1.66. The van der Waals surface area contributed by atoms with Gasteiger partial charge in [0.05, 0.1) is 5.56 Å². The predicted molar refractivity (Wildman–Crippen MR) is 85.6 cm³/mol. The smallest absolute Gasteiger partial charge is 0.279 e. The van der Waals surface area contributed by atoms with Gasteiger partial charge in [-0.3, -0.25) is 4.79 Å². The van der Waals surface area contributed by atoms with Crippen LogP contribution in [0.5, 0.6) is 0 Å². The van der Waals surface area contributed by atoms with Crippen LogP contribution in [0.4, 0.5) is 4.39 Å². The number of rotatable bonds is 2. The van der Waals surface area contributed by atoms with Crippen molar-refractivity contribution in [1.29, 1.82) is 0 Å². The van der Waals surface area contributed by atoms with Crippen LogP contribution in [-0.2, 0) is 5.72 Å². The Kier molecular flexibility index (Phi) is 3.92. The summed E-state index contributed by atoms with van der Waals surface area (Å²) >= 11 is 5.87. The van der Waals surface area contributed by atoms with Crippen molar-refractivity contribution in [2.24, 2.45) is 5.10 Å². The van der Waals surface area contributed by atoms with Crippen LogP contribution in [-0.4, -0.2) is 21.7 Å². The Labute approximate surface area is 137 Å². The third-order valence-electron chi connectivity index (χ3n) is 3.73. The molecule has 2 aromatic carbocycles. The van der Waals surface area contributed by atoms with E-state index in [1.165, 1.54) is 18.2 Å². The average molecular weight is 333 g/mol. The molecule has 4 nitrogen and oxygen atoms in total. The van der Waals surface area contributed by atoms with E-state index in [0.717, 1.165) is 5.01 Å². The maximum atomic E-state index is 13.9. The molecule has 0 unspecified atom stereocenters. The number of hydrazone groups is 1. The molecule has 0 spiro atoms. The van der Waals surface area contributed by atoms with E-state index in [9.17, 15) is 14.3 Å². The van der Waals surface area contributed by atoms with Gasteiger partial charge < -0.3 is 5.11 Å². The van der Waals surface area contributed by atoms with E-state index in [0.29, 0.717) is 16.3 Å². The summed E-state index contributed by atoms with van der Waals surface area (Å²) in [5, 5.41) is 16.6. The van der Waals surface area contributed by atoms with Crippen LogP contribution in [0.15, 0.2) is 53.6 Å². The van der Waals surface area contributed by atoms with Gasteiger partial charge in [-0.1, -0.05) is 35.9 Å². The molecular formula is C17H14ClFN2O2. The zero-order valence-electron chi connectivity index (χ0n) is 12.3. The van der Waals surface area contributed by atoms with E-state index in [-0.39, 0.29) is 12.0 Å². The fraction of sp³-hybridized carbons (Fsp3) is 0.176. The van der Waals surface area contributed by atoms with Crippen LogP contribution in [0.3, 0.4) is 0 Å². The van der Waals surface area contributed by atoms with Gasteiger partial charge in [0.1, 0.15) is 5.82 Å². The fourth-order valence-corrected chi connectivity index (χ4v) is 2.75. The summed E-state index contributed by atoms with van der Waals surface area (Å²) in [7, 11) is 0. The summed E-state index contributed by atoms with van der Waals surface area (Å²) in [6, 6.07) is 12.1. The lowest BCUT2D eigenvalue weighted by atomic mass is 9.97. The SMILES string of the molecule is CC1=NN(C(=O)c2ccccc2F)[C@@](O)(c2ccc(Cl)cc2)C1. The minimum Gasteiger partial charge on any atom is -0.365 e. The number of hydrogen-bond donors (Lipinski definition) is 1. The lowest BCUT2D eigenvalue weighted by Gasteiger charge is -2.31. The Bertz CT molecular complexity index is 791. The number of hydrogen-bond acceptors (Lipinski definition) is 3. The molecule has 2 aromatic rings. The highest BCUT2D eigenvalue weighted by atomic mass is 35.5. The van der Waals surface area contributed by atoms with Crippen molar-refractivity contribution >= 4 is 23.2 Å². The molecule has 0 aliphatic carbocycles. The number of nitrogens with zero attached hydrogens (tertiary/aromatic N) is 2. The van der Waals surface area contributed by atoms with Gasteiger partial charge >= 0.3 is 0 Å². The standard InChI is InChI=1S/C17H14ClFN2O2/c1-11-10-17(23,12-6-8-13(18)9-7-12)21(20-11)16(22)14-4-2-3-5-15(14)19/h2-9,23H,10H2,1H3/t17-/m0/s1. The van der Waals surface area contributed by atoms with Gasteiger partial charge in [-0.25, -0.2) is 4.39 Å². The summed E-state index contributed by atoms with van der Waals surface area (Å²) < 4.78 is 13.9. The Morgan fingerprint density at radius 1 is 1.26 bits per heavy atom. The van der Waals surface area contributed by atoms with E-state index in [2.05, 4.69) is 5.10 Å². The number of benzene rings is 2. The maximum Gasteiger partial charge on any atom is 0.279 e. The summed E-state index contributed by atoms with van der Waals surface area (Å²) in [5.41, 5.74) is -0.758. The maximum absolute atomic E-state index is 13.9. The number of aliphatic hydroxyl groups is 1. The lowest BCUT2D eigenvalue weighted by molar-refractivity contribution is -0.0766. The Morgan fingerprint density at radius 3 is 2.57 bits per heavy atom.